The molecule has 1 heterocycles. The Morgan fingerprint density at radius 2 is 2.21 bits per heavy atom. The standard InChI is InChI=1S/C7H8F2N2O2S/c1-2-14(12,13)11-5-7(8,9)3-6(11)4-10/h2,6H,1,3,5H2. The third-order valence-corrected chi connectivity index (χ3v) is 3.37. The van der Waals surface area contributed by atoms with Crippen molar-refractivity contribution in [1.82, 2.24) is 4.31 Å². The van der Waals surface area contributed by atoms with Gasteiger partial charge < -0.3 is 0 Å². The molecule has 0 saturated carbocycles. The summed E-state index contributed by atoms with van der Waals surface area (Å²) >= 11 is 0. The van der Waals surface area contributed by atoms with Gasteiger partial charge in [0.2, 0.25) is 10.0 Å². The van der Waals surface area contributed by atoms with E-state index in [-0.39, 0.29) is 0 Å². The Morgan fingerprint density at radius 1 is 1.64 bits per heavy atom. The van der Waals surface area contributed by atoms with Crippen LogP contribution in [0.1, 0.15) is 6.42 Å². The van der Waals surface area contributed by atoms with Crippen LogP contribution in [0, 0.1) is 11.3 Å². The maximum atomic E-state index is 12.8. The Morgan fingerprint density at radius 3 is 2.64 bits per heavy atom. The van der Waals surface area contributed by atoms with Crippen LogP contribution < -0.4 is 0 Å². The van der Waals surface area contributed by atoms with Crippen molar-refractivity contribution in [2.45, 2.75) is 18.4 Å². The summed E-state index contributed by atoms with van der Waals surface area (Å²) in [6.07, 6.45) is -0.753. The lowest BCUT2D eigenvalue weighted by molar-refractivity contribution is 0.0178. The third kappa shape index (κ3) is 1.91. The second-order valence-corrected chi connectivity index (χ2v) is 4.79. The molecule has 0 amide bonds. The molecule has 14 heavy (non-hydrogen) atoms. The summed E-state index contributed by atoms with van der Waals surface area (Å²) in [6.45, 7) is 2.06. The van der Waals surface area contributed by atoms with Gasteiger partial charge in [-0.3, -0.25) is 0 Å². The molecule has 1 unspecified atom stereocenters. The first-order chi connectivity index (χ1) is 6.32. The molecule has 0 radical (unpaired) electrons. The maximum Gasteiger partial charge on any atom is 0.264 e. The highest BCUT2D eigenvalue weighted by atomic mass is 32.2. The van der Waals surface area contributed by atoms with Gasteiger partial charge in [-0.2, -0.15) is 9.57 Å². The summed E-state index contributed by atoms with van der Waals surface area (Å²) in [6, 6.07) is 0.231. The molecular formula is C7H8F2N2O2S. The fourth-order valence-electron chi connectivity index (χ4n) is 1.26. The lowest BCUT2D eigenvalue weighted by Gasteiger charge is -2.15. The van der Waals surface area contributed by atoms with Gasteiger partial charge in [0.05, 0.1) is 12.6 Å². The van der Waals surface area contributed by atoms with Gasteiger partial charge in [-0.05, 0) is 0 Å². The number of alkyl halides is 2. The number of sulfonamides is 1. The highest BCUT2D eigenvalue weighted by molar-refractivity contribution is 7.92. The molecule has 0 aromatic heterocycles. The van der Waals surface area contributed by atoms with Crippen molar-refractivity contribution in [3.8, 4) is 6.07 Å². The average Bonchev–Trinajstić information content (AvgIpc) is 2.42. The zero-order valence-corrected chi connectivity index (χ0v) is 7.97. The predicted octanol–water partition coefficient (Wildman–Crippen LogP) is 0.693. The molecule has 4 nitrogen and oxygen atoms in total. The summed E-state index contributed by atoms with van der Waals surface area (Å²) in [5.74, 6) is -3.13. The molecule has 1 aliphatic heterocycles. The summed E-state index contributed by atoms with van der Waals surface area (Å²) < 4.78 is 48.4. The lowest BCUT2D eigenvalue weighted by Crippen LogP contribution is -2.34. The number of nitrogens with zero attached hydrogens (tertiary/aromatic N) is 2. The van der Waals surface area contributed by atoms with E-state index in [2.05, 4.69) is 6.58 Å². The van der Waals surface area contributed by atoms with E-state index in [1.807, 2.05) is 0 Å². The Bertz CT molecular complexity index is 385. The van der Waals surface area contributed by atoms with Crippen molar-refractivity contribution in [2.24, 2.45) is 0 Å². The van der Waals surface area contributed by atoms with Crippen molar-refractivity contribution in [3.05, 3.63) is 12.0 Å². The number of hydrogen-bond acceptors (Lipinski definition) is 3. The molecule has 1 aliphatic rings. The van der Waals surface area contributed by atoms with E-state index in [4.69, 9.17) is 5.26 Å². The van der Waals surface area contributed by atoms with Gasteiger partial charge in [-0.15, -0.1) is 0 Å². The number of hydrogen-bond donors (Lipinski definition) is 0. The van der Waals surface area contributed by atoms with E-state index in [1.165, 1.54) is 6.07 Å². The highest BCUT2D eigenvalue weighted by Gasteiger charge is 2.49. The Hall–Kier alpha value is -1.00. The Labute approximate surface area is 80.5 Å². The average molecular weight is 222 g/mol. The van der Waals surface area contributed by atoms with Crippen molar-refractivity contribution in [2.75, 3.05) is 6.54 Å². The first-order valence-corrected chi connectivity index (χ1v) is 5.24. The molecule has 1 rings (SSSR count). The van der Waals surface area contributed by atoms with E-state index < -0.39 is 35.0 Å². The van der Waals surface area contributed by atoms with E-state index >= 15 is 0 Å². The van der Waals surface area contributed by atoms with Crippen LogP contribution in [0.15, 0.2) is 12.0 Å². The predicted molar refractivity (Wildman–Crippen MR) is 44.8 cm³/mol. The Balaban J connectivity index is 3.03. The van der Waals surface area contributed by atoms with Crippen LogP contribution in [0.5, 0.6) is 0 Å². The molecule has 78 valence electrons. The van der Waals surface area contributed by atoms with Gasteiger partial charge in [0.25, 0.3) is 5.92 Å². The molecule has 0 aromatic rings. The van der Waals surface area contributed by atoms with Gasteiger partial charge in [-0.25, -0.2) is 17.2 Å². The minimum absolute atomic E-state index is 0.472. The zero-order valence-electron chi connectivity index (χ0n) is 7.15. The Kier molecular flexibility index (Phi) is 2.61. The van der Waals surface area contributed by atoms with Gasteiger partial charge in [-0.1, -0.05) is 6.58 Å². The van der Waals surface area contributed by atoms with Crippen LogP contribution in [-0.2, 0) is 10.0 Å². The van der Waals surface area contributed by atoms with Crippen LogP contribution >= 0.6 is 0 Å². The SMILES string of the molecule is C=CS(=O)(=O)N1CC(F)(F)CC1C#N. The van der Waals surface area contributed by atoms with Crippen LogP contribution in [0.3, 0.4) is 0 Å². The van der Waals surface area contributed by atoms with E-state index in [1.54, 1.807) is 0 Å². The van der Waals surface area contributed by atoms with Gasteiger partial charge in [0, 0.05) is 11.8 Å². The molecule has 0 bridgehead atoms. The van der Waals surface area contributed by atoms with Gasteiger partial charge >= 0.3 is 0 Å². The molecule has 1 fully saturated rings. The summed E-state index contributed by atoms with van der Waals surface area (Å²) in [7, 11) is -3.94. The second kappa shape index (κ2) is 3.29. The monoisotopic (exact) mass is 222 g/mol. The number of nitriles is 1. The van der Waals surface area contributed by atoms with Crippen molar-refractivity contribution in [1.29, 1.82) is 5.26 Å². The molecule has 0 aromatic carbocycles. The summed E-state index contributed by atoms with van der Waals surface area (Å²) in [5.41, 5.74) is 0. The topological polar surface area (TPSA) is 61.2 Å². The highest BCUT2D eigenvalue weighted by Crippen LogP contribution is 2.33. The third-order valence-electron chi connectivity index (χ3n) is 1.91. The summed E-state index contributed by atoms with van der Waals surface area (Å²) in [4.78, 5) is 0. The molecule has 0 spiro atoms. The van der Waals surface area contributed by atoms with Crippen molar-refractivity contribution >= 4 is 10.0 Å². The largest absolute Gasteiger partial charge is 0.264 e. The number of halogens is 2. The van der Waals surface area contributed by atoms with Crippen LogP contribution in [-0.4, -0.2) is 31.2 Å². The maximum absolute atomic E-state index is 12.8. The molecule has 1 atom stereocenters. The fraction of sp³-hybridized carbons (Fsp3) is 0.571. The second-order valence-electron chi connectivity index (χ2n) is 2.96. The van der Waals surface area contributed by atoms with E-state index in [0.29, 0.717) is 9.71 Å². The van der Waals surface area contributed by atoms with Crippen LogP contribution in [0.2, 0.25) is 0 Å². The number of rotatable bonds is 2. The summed E-state index contributed by atoms with van der Waals surface area (Å²) in [5, 5.41) is 9.07. The quantitative estimate of drug-likeness (QED) is 0.690. The normalized spacial score (nSPS) is 27.1. The van der Waals surface area contributed by atoms with Crippen LogP contribution in [0.4, 0.5) is 8.78 Å². The molecule has 0 N–H and O–H groups in total. The zero-order chi connectivity index (χ0) is 11.0. The van der Waals surface area contributed by atoms with Gasteiger partial charge in [0.1, 0.15) is 6.04 Å². The molecule has 1 saturated heterocycles. The van der Waals surface area contributed by atoms with Crippen LogP contribution in [0.25, 0.3) is 0 Å². The van der Waals surface area contributed by atoms with Gasteiger partial charge in [0.15, 0.2) is 0 Å². The molecular weight excluding hydrogens is 214 g/mol. The van der Waals surface area contributed by atoms with E-state index in [9.17, 15) is 17.2 Å². The van der Waals surface area contributed by atoms with Crippen molar-refractivity contribution < 1.29 is 17.2 Å². The smallest absolute Gasteiger partial charge is 0.207 e. The lowest BCUT2D eigenvalue weighted by atomic mass is 10.2. The first-order valence-electron chi connectivity index (χ1n) is 3.74. The fourth-order valence-corrected chi connectivity index (χ4v) is 2.30. The minimum Gasteiger partial charge on any atom is -0.207 e. The van der Waals surface area contributed by atoms with Crippen molar-refractivity contribution in [3.63, 3.8) is 0 Å². The first kappa shape index (κ1) is 11.1. The molecule has 7 heteroatoms. The van der Waals surface area contributed by atoms with E-state index in [0.717, 1.165) is 0 Å². The minimum atomic E-state index is -3.94. The molecule has 0 aliphatic carbocycles.